The van der Waals surface area contributed by atoms with E-state index in [4.69, 9.17) is 16.3 Å². The minimum atomic E-state index is -0.0128. The van der Waals surface area contributed by atoms with Crippen LogP contribution in [0.3, 0.4) is 0 Å². The summed E-state index contributed by atoms with van der Waals surface area (Å²) in [6.07, 6.45) is 9.39. The Bertz CT molecular complexity index is 1680. The molecule has 1 aliphatic heterocycles. The van der Waals surface area contributed by atoms with Gasteiger partial charge in [-0.05, 0) is 43.2 Å². The minimum absolute atomic E-state index is 0.0128. The molecule has 200 valence electrons. The molecular weight excluding hydrogens is 494 g/mol. The van der Waals surface area contributed by atoms with E-state index < -0.39 is 0 Å². The Balaban J connectivity index is 1.66. The Hall–Kier alpha value is -4.93. The summed E-state index contributed by atoms with van der Waals surface area (Å²) in [5.74, 6) is 0.848. The molecule has 3 aromatic rings. The quantitative estimate of drug-likeness (QED) is 0.202. The van der Waals surface area contributed by atoms with Gasteiger partial charge in [-0.3, -0.25) is 4.79 Å². The molecule has 39 heavy (non-hydrogen) atoms. The number of pyridine rings is 1. The van der Waals surface area contributed by atoms with Crippen LogP contribution in [0.2, 0.25) is 0 Å². The van der Waals surface area contributed by atoms with Crippen molar-refractivity contribution in [2.45, 2.75) is 39.2 Å². The minimum Gasteiger partial charge on any atom is -0.383 e. The van der Waals surface area contributed by atoms with Gasteiger partial charge in [0.15, 0.2) is 7.05 Å². The second-order valence-corrected chi connectivity index (χ2v) is 9.48. The number of rotatable bonds is 8. The predicted molar refractivity (Wildman–Crippen MR) is 154 cm³/mol. The van der Waals surface area contributed by atoms with E-state index in [0.29, 0.717) is 17.6 Å². The maximum absolute atomic E-state index is 14.0. The van der Waals surface area contributed by atoms with E-state index >= 15 is 0 Å². The van der Waals surface area contributed by atoms with Crippen molar-refractivity contribution >= 4 is 33.9 Å². The number of H-pyrrole nitrogens is 1. The maximum Gasteiger partial charge on any atom is 0.262 e. The van der Waals surface area contributed by atoms with Gasteiger partial charge in [0.25, 0.3) is 11.4 Å². The van der Waals surface area contributed by atoms with Crippen LogP contribution >= 0.6 is 0 Å². The van der Waals surface area contributed by atoms with Gasteiger partial charge in [0.2, 0.25) is 6.20 Å². The third-order valence-corrected chi connectivity index (χ3v) is 6.65. The molecule has 0 bridgehead atoms. The van der Waals surface area contributed by atoms with Gasteiger partial charge in [0.1, 0.15) is 23.1 Å². The molecule has 0 unspecified atom stereocenters. The first-order valence-electron chi connectivity index (χ1n) is 12.7. The number of aromatic nitrogens is 3. The van der Waals surface area contributed by atoms with Crippen LogP contribution in [0, 0.1) is 0 Å². The van der Waals surface area contributed by atoms with E-state index in [0.717, 1.165) is 40.6 Å². The number of hydrogen-bond acceptors (Lipinski definition) is 6. The summed E-state index contributed by atoms with van der Waals surface area (Å²) in [6.45, 7) is 7.35. The molecule has 1 aliphatic carbocycles. The first-order valence-corrected chi connectivity index (χ1v) is 12.7. The Kier molecular flexibility index (Phi) is 6.88. The highest BCUT2D eigenvalue weighted by molar-refractivity contribution is 6.22. The zero-order valence-corrected chi connectivity index (χ0v) is 22.2. The second-order valence-electron chi connectivity index (χ2n) is 9.48. The van der Waals surface area contributed by atoms with E-state index in [1.54, 1.807) is 13.1 Å². The number of nitrogens with zero attached hydrogens (tertiary/aromatic N) is 5. The average molecular weight is 527 g/mol. The third kappa shape index (κ3) is 4.98. The molecule has 1 saturated carbocycles. The largest absolute Gasteiger partial charge is 0.383 e. The van der Waals surface area contributed by atoms with Crippen LogP contribution in [0.25, 0.3) is 27.5 Å². The van der Waals surface area contributed by atoms with Crippen molar-refractivity contribution < 1.29 is 9.52 Å². The molecular formula is C28H32N9O2+. The van der Waals surface area contributed by atoms with E-state index in [1.807, 2.05) is 53.8 Å². The van der Waals surface area contributed by atoms with Crippen molar-refractivity contribution in [2.24, 2.45) is 33.5 Å². The van der Waals surface area contributed by atoms with E-state index in [2.05, 4.69) is 38.2 Å². The number of hydroxylamine groups is 1. The Morgan fingerprint density at radius 2 is 2.08 bits per heavy atom. The van der Waals surface area contributed by atoms with Crippen LogP contribution in [0.5, 0.6) is 0 Å². The summed E-state index contributed by atoms with van der Waals surface area (Å²) in [4.78, 5) is 32.3. The molecule has 11 nitrogen and oxygen atoms in total. The van der Waals surface area contributed by atoms with Gasteiger partial charge >= 0.3 is 0 Å². The molecule has 0 atom stereocenters. The summed E-state index contributed by atoms with van der Waals surface area (Å²) < 4.78 is 3.77. The highest BCUT2D eigenvalue weighted by Crippen LogP contribution is 2.38. The fourth-order valence-electron chi connectivity index (χ4n) is 4.65. The molecule has 1 aromatic carbocycles. The van der Waals surface area contributed by atoms with Crippen molar-refractivity contribution in [2.75, 3.05) is 0 Å². The molecule has 3 heterocycles. The van der Waals surface area contributed by atoms with Crippen LogP contribution in [0.4, 0.5) is 0 Å². The summed E-state index contributed by atoms with van der Waals surface area (Å²) in [5.41, 5.74) is 18.9. The van der Waals surface area contributed by atoms with E-state index in [1.165, 1.54) is 6.20 Å². The average Bonchev–Trinajstić information content (AvgIpc) is 3.51. The number of fused-ring (bicyclic) bond motifs is 1. The fourth-order valence-corrected chi connectivity index (χ4v) is 4.65. The van der Waals surface area contributed by atoms with Gasteiger partial charge < -0.3 is 20.9 Å². The number of aromatic amines is 1. The molecule has 5 rings (SSSR count). The van der Waals surface area contributed by atoms with E-state index in [-0.39, 0.29) is 34.7 Å². The van der Waals surface area contributed by atoms with E-state index in [9.17, 15) is 4.79 Å². The zero-order valence-electron chi connectivity index (χ0n) is 22.2. The topological polar surface area (TPSA) is 152 Å². The van der Waals surface area contributed by atoms with Gasteiger partial charge in [-0.1, -0.05) is 31.7 Å². The SMILES string of the molecule is C=CN=C(N)C(C(N)=NC=C(CC)c1cc2cccc(-c3c[nH][n+](C)c3)c2c(=O)n1C1CC1)=C1N=C(C)NO1. The van der Waals surface area contributed by atoms with Crippen molar-refractivity contribution in [1.82, 2.24) is 15.1 Å². The number of hydrogen-bond donors (Lipinski definition) is 4. The summed E-state index contributed by atoms with van der Waals surface area (Å²) in [7, 11) is 1.92. The summed E-state index contributed by atoms with van der Waals surface area (Å²) in [5, 5.41) is 4.70. The highest BCUT2D eigenvalue weighted by Gasteiger charge is 2.29. The number of nitrogens with two attached hydrogens (primary N) is 2. The number of nitrogens with one attached hydrogen (secondary N) is 2. The smallest absolute Gasteiger partial charge is 0.262 e. The van der Waals surface area contributed by atoms with Crippen LogP contribution in [0.1, 0.15) is 44.8 Å². The molecule has 0 spiro atoms. The molecule has 2 aromatic heterocycles. The van der Waals surface area contributed by atoms with Crippen molar-refractivity contribution in [3.63, 3.8) is 0 Å². The fraction of sp³-hybridized carbons (Fsp3) is 0.250. The molecule has 2 aliphatic rings. The molecule has 1 fully saturated rings. The molecule has 11 heteroatoms. The number of benzene rings is 1. The van der Waals surface area contributed by atoms with Crippen molar-refractivity contribution in [3.8, 4) is 11.1 Å². The van der Waals surface area contributed by atoms with Crippen LogP contribution in [0.15, 0.2) is 86.9 Å². The first-order chi connectivity index (χ1) is 18.8. The lowest BCUT2D eigenvalue weighted by molar-refractivity contribution is -0.726. The second kappa shape index (κ2) is 10.4. The molecule has 0 amide bonds. The van der Waals surface area contributed by atoms with Crippen LogP contribution < -0.4 is 27.2 Å². The molecule has 6 N–H and O–H groups in total. The lowest BCUT2D eigenvalue weighted by atomic mass is 9.99. The number of allylic oxidation sites excluding steroid dienone is 1. The predicted octanol–water partition coefficient (Wildman–Crippen LogP) is 2.93. The van der Waals surface area contributed by atoms with Crippen molar-refractivity contribution in [3.05, 3.63) is 83.1 Å². The van der Waals surface area contributed by atoms with Crippen LogP contribution in [-0.4, -0.2) is 27.2 Å². The standard InChI is InChI=1S/C28H31N9O2/c1-5-17(13-32-26(30)24(25(29)31-6-2)27-34-16(3)35-39-27)22-12-18-8-7-9-21(19-14-33-36(4)15-19)23(18)28(38)37(22)20-10-11-20/h6-9,12-15,20H,2,5,10-11H2,1,3-4H3,(H5,29,30,31,32,34,35,38)/p+1. The lowest BCUT2D eigenvalue weighted by Gasteiger charge is -2.17. The van der Waals surface area contributed by atoms with Gasteiger partial charge in [0, 0.05) is 29.7 Å². The van der Waals surface area contributed by atoms with Gasteiger partial charge in [-0.25, -0.2) is 15.5 Å². The summed E-state index contributed by atoms with van der Waals surface area (Å²) >= 11 is 0. The number of aliphatic imine (C=N–C) groups is 3. The highest BCUT2D eigenvalue weighted by atomic mass is 16.7. The molecule has 0 radical (unpaired) electrons. The third-order valence-electron chi connectivity index (χ3n) is 6.65. The monoisotopic (exact) mass is 526 g/mol. The van der Waals surface area contributed by atoms with Crippen LogP contribution in [-0.2, 0) is 11.9 Å². The lowest BCUT2D eigenvalue weighted by Crippen LogP contribution is -2.28. The first kappa shape index (κ1) is 25.7. The summed E-state index contributed by atoms with van der Waals surface area (Å²) in [6, 6.07) is 8.14. The Morgan fingerprint density at radius 3 is 2.69 bits per heavy atom. The van der Waals surface area contributed by atoms with Gasteiger partial charge in [-0.15, -0.1) is 4.68 Å². The maximum atomic E-state index is 14.0. The van der Waals surface area contributed by atoms with Crippen molar-refractivity contribution in [1.29, 1.82) is 0 Å². The van der Waals surface area contributed by atoms with Gasteiger partial charge in [-0.2, -0.15) is 10.1 Å². The number of aryl methyl sites for hydroxylation is 1. The zero-order chi connectivity index (χ0) is 27.7. The Morgan fingerprint density at radius 1 is 1.31 bits per heavy atom. The Labute approximate surface area is 225 Å². The number of amidine groups is 3. The molecule has 0 saturated heterocycles. The van der Waals surface area contributed by atoms with Gasteiger partial charge in [0.05, 0.1) is 17.1 Å². The normalized spacial score (nSPS) is 17.6.